The van der Waals surface area contributed by atoms with Crippen molar-refractivity contribution in [2.24, 2.45) is 11.7 Å². The van der Waals surface area contributed by atoms with Gasteiger partial charge in [-0.1, -0.05) is 12.1 Å². The van der Waals surface area contributed by atoms with Crippen molar-refractivity contribution < 1.29 is 14.6 Å². The van der Waals surface area contributed by atoms with Crippen molar-refractivity contribution >= 4 is 11.6 Å². The standard InChI is InChI=1S/C12H16N2O3/c13-11-7-17-6-10(11)12(16)14-9-3-1-2-8(4-9)5-15/h1-4,10-11,15H,5-7,13H2,(H,14,16). The average Bonchev–Trinajstić information content (AvgIpc) is 2.76. The van der Waals surface area contributed by atoms with Crippen LogP contribution in [0.3, 0.4) is 0 Å². The minimum atomic E-state index is -0.298. The molecule has 1 aromatic rings. The molecule has 1 aromatic carbocycles. The maximum absolute atomic E-state index is 11.9. The van der Waals surface area contributed by atoms with Crippen LogP contribution in [-0.2, 0) is 16.1 Å². The fourth-order valence-corrected chi connectivity index (χ4v) is 1.82. The van der Waals surface area contributed by atoms with Crippen LogP contribution in [0.5, 0.6) is 0 Å². The highest BCUT2D eigenvalue weighted by atomic mass is 16.5. The zero-order chi connectivity index (χ0) is 12.3. The summed E-state index contributed by atoms with van der Waals surface area (Å²) >= 11 is 0. The van der Waals surface area contributed by atoms with Crippen LogP contribution < -0.4 is 11.1 Å². The van der Waals surface area contributed by atoms with Crippen LogP contribution in [0.1, 0.15) is 5.56 Å². The van der Waals surface area contributed by atoms with Crippen molar-refractivity contribution in [3.8, 4) is 0 Å². The molecule has 1 fully saturated rings. The second-order valence-corrected chi connectivity index (χ2v) is 4.16. The lowest BCUT2D eigenvalue weighted by Gasteiger charge is -2.13. The third kappa shape index (κ3) is 2.82. The Kier molecular flexibility index (Phi) is 3.73. The maximum Gasteiger partial charge on any atom is 0.231 e. The molecular formula is C12H16N2O3. The lowest BCUT2D eigenvalue weighted by atomic mass is 10.0. The molecule has 92 valence electrons. The van der Waals surface area contributed by atoms with Crippen LogP contribution in [0.4, 0.5) is 5.69 Å². The summed E-state index contributed by atoms with van der Waals surface area (Å²) in [7, 11) is 0. The second-order valence-electron chi connectivity index (χ2n) is 4.16. The highest BCUT2D eigenvalue weighted by Crippen LogP contribution is 2.16. The van der Waals surface area contributed by atoms with Gasteiger partial charge in [0.2, 0.25) is 5.91 Å². The van der Waals surface area contributed by atoms with Crippen molar-refractivity contribution in [3.05, 3.63) is 29.8 Å². The Labute approximate surface area is 99.6 Å². The summed E-state index contributed by atoms with van der Waals surface area (Å²) in [6, 6.07) is 6.85. The molecule has 4 N–H and O–H groups in total. The first-order valence-corrected chi connectivity index (χ1v) is 5.54. The van der Waals surface area contributed by atoms with Crippen LogP contribution in [-0.4, -0.2) is 30.3 Å². The molecule has 0 bridgehead atoms. The van der Waals surface area contributed by atoms with Crippen molar-refractivity contribution in [1.82, 2.24) is 0 Å². The van der Waals surface area contributed by atoms with E-state index >= 15 is 0 Å². The first kappa shape index (κ1) is 12.0. The number of nitrogens with two attached hydrogens (primary N) is 1. The zero-order valence-corrected chi connectivity index (χ0v) is 9.43. The van der Waals surface area contributed by atoms with Gasteiger partial charge in [0, 0.05) is 11.7 Å². The number of nitrogens with one attached hydrogen (secondary N) is 1. The molecule has 1 amide bonds. The van der Waals surface area contributed by atoms with E-state index in [2.05, 4.69) is 5.32 Å². The largest absolute Gasteiger partial charge is 0.392 e. The van der Waals surface area contributed by atoms with E-state index in [4.69, 9.17) is 15.6 Å². The summed E-state index contributed by atoms with van der Waals surface area (Å²) in [6.07, 6.45) is 0. The monoisotopic (exact) mass is 236 g/mol. The van der Waals surface area contributed by atoms with E-state index in [9.17, 15) is 4.79 Å². The lowest BCUT2D eigenvalue weighted by Crippen LogP contribution is -2.37. The van der Waals surface area contributed by atoms with E-state index in [1.165, 1.54) is 0 Å². The fourth-order valence-electron chi connectivity index (χ4n) is 1.82. The summed E-state index contributed by atoms with van der Waals surface area (Å²) in [6.45, 7) is 0.747. The van der Waals surface area contributed by atoms with Gasteiger partial charge in [0.05, 0.1) is 25.7 Å². The number of aliphatic hydroxyl groups excluding tert-OH is 1. The number of rotatable bonds is 3. The summed E-state index contributed by atoms with van der Waals surface area (Å²) in [5.41, 5.74) is 7.19. The van der Waals surface area contributed by atoms with Crippen LogP contribution in [0.15, 0.2) is 24.3 Å². The SMILES string of the molecule is NC1COCC1C(=O)Nc1cccc(CO)c1. The van der Waals surface area contributed by atoms with E-state index in [1.54, 1.807) is 24.3 Å². The first-order valence-electron chi connectivity index (χ1n) is 5.54. The van der Waals surface area contributed by atoms with E-state index in [0.29, 0.717) is 18.9 Å². The third-order valence-electron chi connectivity index (χ3n) is 2.84. The van der Waals surface area contributed by atoms with Gasteiger partial charge >= 0.3 is 0 Å². The zero-order valence-electron chi connectivity index (χ0n) is 9.43. The Morgan fingerprint density at radius 1 is 1.53 bits per heavy atom. The van der Waals surface area contributed by atoms with E-state index in [0.717, 1.165) is 5.56 Å². The van der Waals surface area contributed by atoms with Gasteiger partial charge in [0.1, 0.15) is 0 Å². The van der Waals surface area contributed by atoms with Crippen molar-refractivity contribution in [1.29, 1.82) is 0 Å². The van der Waals surface area contributed by atoms with Crippen LogP contribution in [0.2, 0.25) is 0 Å². The topological polar surface area (TPSA) is 84.6 Å². The number of aliphatic hydroxyl groups is 1. The molecule has 1 aliphatic heterocycles. The van der Waals surface area contributed by atoms with Gasteiger partial charge in [-0.05, 0) is 17.7 Å². The van der Waals surface area contributed by atoms with Gasteiger partial charge in [0.25, 0.3) is 0 Å². The number of hydrogen-bond donors (Lipinski definition) is 3. The average molecular weight is 236 g/mol. The number of anilines is 1. The van der Waals surface area contributed by atoms with E-state index < -0.39 is 0 Å². The number of amides is 1. The molecule has 2 unspecified atom stereocenters. The Balaban J connectivity index is 2.02. The minimum Gasteiger partial charge on any atom is -0.392 e. The summed E-state index contributed by atoms with van der Waals surface area (Å²) < 4.78 is 5.15. The third-order valence-corrected chi connectivity index (χ3v) is 2.84. The van der Waals surface area contributed by atoms with E-state index in [-0.39, 0.29) is 24.5 Å². The summed E-state index contributed by atoms with van der Waals surface area (Å²) in [5, 5.41) is 11.8. The number of carbonyl (C=O) groups is 1. The molecule has 1 saturated heterocycles. The molecule has 0 spiro atoms. The van der Waals surface area contributed by atoms with Crippen LogP contribution >= 0.6 is 0 Å². The molecule has 2 atom stereocenters. The van der Waals surface area contributed by atoms with Crippen molar-refractivity contribution in [2.45, 2.75) is 12.6 Å². The predicted molar refractivity (Wildman–Crippen MR) is 63.3 cm³/mol. The number of ether oxygens (including phenoxy) is 1. The van der Waals surface area contributed by atoms with Gasteiger partial charge in [0.15, 0.2) is 0 Å². The summed E-state index contributed by atoms with van der Waals surface area (Å²) in [5.74, 6) is -0.433. The fraction of sp³-hybridized carbons (Fsp3) is 0.417. The number of carbonyl (C=O) groups excluding carboxylic acids is 1. The number of hydrogen-bond acceptors (Lipinski definition) is 4. The quantitative estimate of drug-likeness (QED) is 0.694. The molecule has 0 radical (unpaired) electrons. The van der Waals surface area contributed by atoms with Crippen LogP contribution in [0.25, 0.3) is 0 Å². The number of benzene rings is 1. The van der Waals surface area contributed by atoms with Crippen molar-refractivity contribution in [3.63, 3.8) is 0 Å². The molecular weight excluding hydrogens is 220 g/mol. The molecule has 1 aliphatic rings. The highest BCUT2D eigenvalue weighted by molar-refractivity contribution is 5.93. The molecule has 5 nitrogen and oxygen atoms in total. The predicted octanol–water partition coefficient (Wildman–Crippen LogP) is 0.0911. The first-order chi connectivity index (χ1) is 8.20. The molecule has 5 heteroatoms. The van der Waals surface area contributed by atoms with Gasteiger partial charge in [-0.2, -0.15) is 0 Å². The lowest BCUT2D eigenvalue weighted by molar-refractivity contribution is -0.120. The van der Waals surface area contributed by atoms with Crippen LogP contribution in [0, 0.1) is 5.92 Å². The van der Waals surface area contributed by atoms with Gasteiger partial charge in [-0.15, -0.1) is 0 Å². The normalized spacial score (nSPS) is 23.6. The highest BCUT2D eigenvalue weighted by Gasteiger charge is 2.31. The molecule has 1 heterocycles. The molecule has 0 saturated carbocycles. The molecule has 2 rings (SSSR count). The van der Waals surface area contributed by atoms with Gasteiger partial charge in [-0.3, -0.25) is 4.79 Å². The minimum absolute atomic E-state index is 0.0459. The molecule has 0 aliphatic carbocycles. The molecule has 17 heavy (non-hydrogen) atoms. The van der Waals surface area contributed by atoms with Gasteiger partial charge < -0.3 is 20.9 Å². The Morgan fingerprint density at radius 3 is 3.00 bits per heavy atom. The Morgan fingerprint density at radius 2 is 2.35 bits per heavy atom. The van der Waals surface area contributed by atoms with Gasteiger partial charge in [-0.25, -0.2) is 0 Å². The Hall–Kier alpha value is -1.43. The van der Waals surface area contributed by atoms with E-state index in [1.807, 2.05) is 0 Å². The second kappa shape index (κ2) is 5.27. The maximum atomic E-state index is 11.9. The van der Waals surface area contributed by atoms with Crippen molar-refractivity contribution in [2.75, 3.05) is 18.5 Å². The molecule has 0 aromatic heterocycles. The summed E-state index contributed by atoms with van der Waals surface area (Å²) in [4.78, 5) is 11.9. The Bertz CT molecular complexity index is 408. The smallest absolute Gasteiger partial charge is 0.231 e.